The molecule has 0 aliphatic heterocycles. The van der Waals surface area contributed by atoms with Gasteiger partial charge in [0.15, 0.2) is 5.82 Å². The third-order valence-electron chi connectivity index (χ3n) is 2.96. The molecule has 5 heteroatoms. The summed E-state index contributed by atoms with van der Waals surface area (Å²) >= 11 is 12.1. The number of alkyl halides is 1. The van der Waals surface area contributed by atoms with E-state index in [4.69, 9.17) is 23.2 Å². The number of halogens is 2. The molecule has 0 saturated heterocycles. The number of aromatic nitrogens is 3. The van der Waals surface area contributed by atoms with Crippen molar-refractivity contribution in [2.75, 3.05) is 0 Å². The summed E-state index contributed by atoms with van der Waals surface area (Å²) in [5.41, 5.74) is 1.97. The third-order valence-corrected chi connectivity index (χ3v) is 3.44. The lowest BCUT2D eigenvalue weighted by atomic mass is 10.0. The van der Waals surface area contributed by atoms with Crippen molar-refractivity contribution in [1.82, 2.24) is 14.8 Å². The normalized spacial score (nSPS) is 11.9. The van der Waals surface area contributed by atoms with Gasteiger partial charge in [0.1, 0.15) is 5.82 Å². The molecule has 0 N–H and O–H groups in total. The molecule has 0 fully saturated rings. The van der Waals surface area contributed by atoms with Gasteiger partial charge in [-0.3, -0.25) is 0 Å². The van der Waals surface area contributed by atoms with E-state index in [2.05, 4.69) is 35.5 Å². The van der Waals surface area contributed by atoms with Crippen LogP contribution in [0.25, 0.3) is 11.4 Å². The minimum atomic E-state index is -0.141. The van der Waals surface area contributed by atoms with Crippen LogP contribution in [0.3, 0.4) is 0 Å². The number of nitrogens with zero attached hydrogens (tertiary/aromatic N) is 3. The van der Waals surface area contributed by atoms with Crippen molar-refractivity contribution in [1.29, 1.82) is 0 Å². The van der Waals surface area contributed by atoms with E-state index in [9.17, 15) is 0 Å². The molecule has 0 spiro atoms. The van der Waals surface area contributed by atoms with Gasteiger partial charge in [0.25, 0.3) is 0 Å². The zero-order valence-corrected chi connectivity index (χ0v) is 13.0. The van der Waals surface area contributed by atoms with E-state index in [1.54, 1.807) is 0 Å². The lowest BCUT2D eigenvalue weighted by Gasteiger charge is -2.25. The number of aryl methyl sites for hydroxylation is 1. The molecule has 0 atom stereocenters. The molecule has 102 valence electrons. The van der Waals surface area contributed by atoms with Gasteiger partial charge in [0.2, 0.25) is 0 Å². The predicted molar refractivity (Wildman–Crippen MR) is 79.8 cm³/mol. The SMILES string of the molecule is Cc1ccc(Cl)cc1-c1nnc(CCl)n1C(C)(C)C. The van der Waals surface area contributed by atoms with Gasteiger partial charge in [-0.1, -0.05) is 17.7 Å². The summed E-state index contributed by atoms with van der Waals surface area (Å²) in [6.07, 6.45) is 0. The Morgan fingerprint density at radius 1 is 1.21 bits per heavy atom. The average molecular weight is 298 g/mol. The van der Waals surface area contributed by atoms with Crippen LogP contribution in [-0.4, -0.2) is 14.8 Å². The van der Waals surface area contributed by atoms with E-state index in [1.807, 2.05) is 25.1 Å². The summed E-state index contributed by atoms with van der Waals surface area (Å²) in [6.45, 7) is 8.36. The smallest absolute Gasteiger partial charge is 0.164 e. The second kappa shape index (κ2) is 5.14. The minimum Gasteiger partial charge on any atom is -0.305 e. The van der Waals surface area contributed by atoms with Crippen LogP contribution in [-0.2, 0) is 11.4 Å². The number of hydrogen-bond acceptors (Lipinski definition) is 2. The van der Waals surface area contributed by atoms with E-state index >= 15 is 0 Å². The molecular weight excluding hydrogens is 281 g/mol. The van der Waals surface area contributed by atoms with Crippen LogP contribution in [0.5, 0.6) is 0 Å². The fourth-order valence-electron chi connectivity index (χ4n) is 2.12. The first-order valence-electron chi connectivity index (χ1n) is 6.12. The molecule has 2 rings (SSSR count). The second-order valence-electron chi connectivity index (χ2n) is 5.54. The van der Waals surface area contributed by atoms with Crippen molar-refractivity contribution in [2.24, 2.45) is 0 Å². The summed E-state index contributed by atoms with van der Waals surface area (Å²) < 4.78 is 2.07. The molecule has 1 aromatic carbocycles. The fourth-order valence-corrected chi connectivity index (χ4v) is 2.46. The van der Waals surface area contributed by atoms with Crippen molar-refractivity contribution in [3.8, 4) is 11.4 Å². The molecule has 0 radical (unpaired) electrons. The molecule has 0 bridgehead atoms. The Labute approximate surface area is 123 Å². The number of benzene rings is 1. The lowest BCUT2D eigenvalue weighted by molar-refractivity contribution is 0.390. The summed E-state index contributed by atoms with van der Waals surface area (Å²) in [7, 11) is 0. The Kier molecular flexibility index (Phi) is 3.88. The minimum absolute atomic E-state index is 0.141. The zero-order valence-electron chi connectivity index (χ0n) is 11.5. The highest BCUT2D eigenvalue weighted by Gasteiger charge is 2.24. The molecule has 0 aliphatic rings. The summed E-state index contributed by atoms with van der Waals surface area (Å²) in [5.74, 6) is 1.91. The van der Waals surface area contributed by atoms with E-state index in [1.165, 1.54) is 0 Å². The Morgan fingerprint density at radius 2 is 1.89 bits per heavy atom. The van der Waals surface area contributed by atoms with Crippen LogP contribution in [0.1, 0.15) is 32.2 Å². The van der Waals surface area contributed by atoms with Crippen LogP contribution in [0.15, 0.2) is 18.2 Å². The topological polar surface area (TPSA) is 30.7 Å². The Hall–Kier alpha value is -1.06. The highest BCUT2D eigenvalue weighted by Crippen LogP contribution is 2.30. The van der Waals surface area contributed by atoms with Crippen molar-refractivity contribution in [2.45, 2.75) is 39.1 Å². The van der Waals surface area contributed by atoms with Gasteiger partial charge in [-0.2, -0.15) is 0 Å². The quantitative estimate of drug-likeness (QED) is 0.769. The Morgan fingerprint density at radius 3 is 2.47 bits per heavy atom. The predicted octanol–water partition coefficient (Wildman–Crippen LogP) is 4.40. The van der Waals surface area contributed by atoms with Crippen LogP contribution in [0.2, 0.25) is 5.02 Å². The molecule has 1 heterocycles. The van der Waals surface area contributed by atoms with E-state index < -0.39 is 0 Å². The highest BCUT2D eigenvalue weighted by molar-refractivity contribution is 6.30. The molecular formula is C14H17Cl2N3. The van der Waals surface area contributed by atoms with Crippen LogP contribution < -0.4 is 0 Å². The zero-order chi connectivity index (χ0) is 14.2. The first-order chi connectivity index (χ1) is 8.84. The Bertz CT molecular complexity index is 597. The van der Waals surface area contributed by atoms with E-state index in [0.717, 1.165) is 22.8 Å². The fraction of sp³-hybridized carbons (Fsp3) is 0.429. The maximum atomic E-state index is 6.09. The maximum absolute atomic E-state index is 6.09. The molecule has 2 aromatic rings. The van der Waals surface area contributed by atoms with Crippen molar-refractivity contribution in [3.05, 3.63) is 34.6 Å². The molecule has 0 saturated carbocycles. The molecule has 0 unspecified atom stereocenters. The second-order valence-corrected chi connectivity index (χ2v) is 6.24. The number of rotatable bonds is 2. The molecule has 0 amide bonds. The largest absolute Gasteiger partial charge is 0.305 e. The van der Waals surface area contributed by atoms with Gasteiger partial charge in [0, 0.05) is 16.1 Å². The van der Waals surface area contributed by atoms with Gasteiger partial charge in [-0.05, 0) is 45.4 Å². The lowest BCUT2D eigenvalue weighted by Crippen LogP contribution is -2.25. The van der Waals surface area contributed by atoms with Crippen molar-refractivity contribution >= 4 is 23.2 Å². The van der Waals surface area contributed by atoms with Crippen molar-refractivity contribution < 1.29 is 0 Å². The molecule has 3 nitrogen and oxygen atoms in total. The van der Waals surface area contributed by atoms with Crippen molar-refractivity contribution in [3.63, 3.8) is 0 Å². The average Bonchev–Trinajstić information content (AvgIpc) is 2.75. The van der Waals surface area contributed by atoms with Crippen LogP contribution in [0.4, 0.5) is 0 Å². The first kappa shape index (κ1) is 14.4. The van der Waals surface area contributed by atoms with E-state index in [-0.39, 0.29) is 5.54 Å². The maximum Gasteiger partial charge on any atom is 0.164 e. The Balaban J connectivity index is 2.69. The summed E-state index contributed by atoms with van der Waals surface area (Å²) in [4.78, 5) is 0. The van der Waals surface area contributed by atoms with Gasteiger partial charge in [-0.15, -0.1) is 21.8 Å². The summed E-state index contributed by atoms with van der Waals surface area (Å²) in [5, 5.41) is 9.17. The molecule has 1 aromatic heterocycles. The van der Waals surface area contributed by atoms with Crippen LogP contribution in [0, 0.1) is 6.92 Å². The summed E-state index contributed by atoms with van der Waals surface area (Å²) in [6, 6.07) is 5.78. The van der Waals surface area contributed by atoms with Gasteiger partial charge in [0.05, 0.1) is 5.88 Å². The van der Waals surface area contributed by atoms with E-state index in [0.29, 0.717) is 10.9 Å². The highest BCUT2D eigenvalue weighted by atomic mass is 35.5. The standard InChI is InChI=1S/C14H17Cl2N3/c1-9-5-6-10(16)7-11(9)13-18-17-12(8-15)19(13)14(2,3)4/h5-7H,8H2,1-4H3. The third kappa shape index (κ3) is 2.77. The van der Waals surface area contributed by atoms with Crippen LogP contribution >= 0.6 is 23.2 Å². The van der Waals surface area contributed by atoms with Gasteiger partial charge < -0.3 is 4.57 Å². The van der Waals surface area contributed by atoms with Gasteiger partial charge in [-0.25, -0.2) is 0 Å². The van der Waals surface area contributed by atoms with Gasteiger partial charge >= 0.3 is 0 Å². The molecule has 0 aliphatic carbocycles. The monoisotopic (exact) mass is 297 g/mol. The first-order valence-corrected chi connectivity index (χ1v) is 7.03. The number of hydrogen-bond donors (Lipinski definition) is 0. The molecule has 19 heavy (non-hydrogen) atoms.